The van der Waals surface area contributed by atoms with Crippen LogP contribution < -0.4 is 9.62 Å². The first-order valence-corrected chi connectivity index (χ1v) is 8.79. The van der Waals surface area contributed by atoms with Crippen molar-refractivity contribution in [2.75, 3.05) is 42.8 Å². The number of anilines is 1. The van der Waals surface area contributed by atoms with Crippen LogP contribution in [0.2, 0.25) is 0 Å². The second-order valence-electron chi connectivity index (χ2n) is 5.33. The van der Waals surface area contributed by atoms with Crippen molar-refractivity contribution >= 4 is 21.6 Å². The van der Waals surface area contributed by atoms with Gasteiger partial charge in [-0.05, 0) is 24.6 Å². The van der Waals surface area contributed by atoms with Gasteiger partial charge in [0.15, 0.2) is 0 Å². The maximum Gasteiger partial charge on any atom is 0.254 e. The molecule has 6 nitrogen and oxygen atoms in total. The molecule has 0 atom stereocenters. The van der Waals surface area contributed by atoms with E-state index in [1.54, 1.807) is 29.2 Å². The van der Waals surface area contributed by atoms with Crippen LogP contribution in [-0.4, -0.2) is 57.7 Å². The van der Waals surface area contributed by atoms with Gasteiger partial charge in [0.05, 0.1) is 11.4 Å². The van der Waals surface area contributed by atoms with Crippen molar-refractivity contribution in [2.45, 2.75) is 6.42 Å². The van der Waals surface area contributed by atoms with Gasteiger partial charge < -0.3 is 10.2 Å². The molecule has 2 aliphatic heterocycles. The minimum atomic E-state index is -3.21. The minimum Gasteiger partial charge on any atom is -0.336 e. The van der Waals surface area contributed by atoms with Gasteiger partial charge in [0.2, 0.25) is 10.0 Å². The topological polar surface area (TPSA) is 69.7 Å². The number of amides is 1. The number of carbonyl (C=O) groups excluding carboxylic acids is 1. The van der Waals surface area contributed by atoms with E-state index >= 15 is 0 Å². The Bertz CT molecular complexity index is 639. The largest absolute Gasteiger partial charge is 0.336 e. The Kier molecular flexibility index (Phi) is 3.86. The van der Waals surface area contributed by atoms with Crippen LogP contribution in [0.1, 0.15) is 16.8 Å². The lowest BCUT2D eigenvalue weighted by Crippen LogP contribution is -2.46. The molecule has 2 saturated heterocycles. The number of nitrogens with zero attached hydrogens (tertiary/aromatic N) is 2. The van der Waals surface area contributed by atoms with Crippen LogP contribution in [0.25, 0.3) is 0 Å². The van der Waals surface area contributed by atoms with Crippen molar-refractivity contribution < 1.29 is 13.2 Å². The highest BCUT2D eigenvalue weighted by Gasteiger charge is 2.29. The molecule has 2 heterocycles. The molecule has 7 heteroatoms. The number of carbonyl (C=O) groups is 1. The number of piperazine rings is 1. The van der Waals surface area contributed by atoms with E-state index in [4.69, 9.17) is 0 Å². The van der Waals surface area contributed by atoms with Crippen molar-refractivity contribution in [3.8, 4) is 0 Å². The summed E-state index contributed by atoms with van der Waals surface area (Å²) in [6.45, 7) is 3.46. The summed E-state index contributed by atoms with van der Waals surface area (Å²) >= 11 is 0. The fraction of sp³-hybridized carbons (Fsp3) is 0.500. The van der Waals surface area contributed by atoms with Crippen LogP contribution in [0.4, 0.5) is 5.69 Å². The van der Waals surface area contributed by atoms with Gasteiger partial charge in [0.1, 0.15) is 0 Å². The average Bonchev–Trinajstić information content (AvgIpc) is 2.87. The number of hydrogen-bond acceptors (Lipinski definition) is 4. The van der Waals surface area contributed by atoms with Gasteiger partial charge in [-0.15, -0.1) is 0 Å². The summed E-state index contributed by atoms with van der Waals surface area (Å²) in [6, 6.07) is 6.93. The number of benzene rings is 1. The molecule has 1 aromatic rings. The van der Waals surface area contributed by atoms with Gasteiger partial charge in [-0.25, -0.2) is 8.42 Å². The third-order valence-electron chi connectivity index (χ3n) is 3.88. The predicted molar refractivity (Wildman–Crippen MR) is 81.0 cm³/mol. The summed E-state index contributed by atoms with van der Waals surface area (Å²) in [6.07, 6.45) is 0.637. The van der Waals surface area contributed by atoms with Crippen molar-refractivity contribution in [2.24, 2.45) is 0 Å². The average molecular weight is 309 g/mol. The Balaban J connectivity index is 1.84. The Morgan fingerprint density at radius 1 is 1.14 bits per heavy atom. The van der Waals surface area contributed by atoms with Gasteiger partial charge in [-0.3, -0.25) is 9.10 Å². The van der Waals surface area contributed by atoms with Gasteiger partial charge in [-0.2, -0.15) is 0 Å². The molecular weight excluding hydrogens is 290 g/mol. The molecule has 2 aliphatic rings. The van der Waals surface area contributed by atoms with Gasteiger partial charge in [-0.1, -0.05) is 6.07 Å². The summed E-state index contributed by atoms with van der Waals surface area (Å²) in [4.78, 5) is 14.3. The maximum absolute atomic E-state index is 12.5. The Hall–Kier alpha value is -1.60. The number of hydrogen-bond donors (Lipinski definition) is 1. The molecular formula is C14H19N3O3S. The highest BCUT2D eigenvalue weighted by atomic mass is 32.2. The van der Waals surface area contributed by atoms with Gasteiger partial charge in [0.25, 0.3) is 5.91 Å². The lowest BCUT2D eigenvalue weighted by atomic mass is 10.1. The van der Waals surface area contributed by atoms with Crippen LogP contribution in [0.5, 0.6) is 0 Å². The quantitative estimate of drug-likeness (QED) is 0.851. The number of sulfonamides is 1. The molecule has 0 saturated carbocycles. The molecule has 114 valence electrons. The van der Waals surface area contributed by atoms with E-state index in [1.165, 1.54) is 4.31 Å². The molecule has 2 fully saturated rings. The Morgan fingerprint density at radius 2 is 1.90 bits per heavy atom. The van der Waals surface area contributed by atoms with Crippen LogP contribution >= 0.6 is 0 Å². The van der Waals surface area contributed by atoms with Crippen LogP contribution in [0.15, 0.2) is 24.3 Å². The van der Waals surface area contributed by atoms with Gasteiger partial charge >= 0.3 is 0 Å². The zero-order valence-corrected chi connectivity index (χ0v) is 12.6. The summed E-state index contributed by atoms with van der Waals surface area (Å²) < 4.78 is 25.3. The van der Waals surface area contributed by atoms with E-state index < -0.39 is 10.0 Å². The highest BCUT2D eigenvalue weighted by molar-refractivity contribution is 7.93. The van der Waals surface area contributed by atoms with E-state index in [1.807, 2.05) is 0 Å². The van der Waals surface area contributed by atoms with Crippen LogP contribution in [0.3, 0.4) is 0 Å². The summed E-state index contributed by atoms with van der Waals surface area (Å²) in [5.74, 6) is 0.151. The monoisotopic (exact) mass is 309 g/mol. The lowest BCUT2D eigenvalue weighted by molar-refractivity contribution is 0.0736. The second kappa shape index (κ2) is 5.65. The van der Waals surface area contributed by atoms with Crippen molar-refractivity contribution in [3.63, 3.8) is 0 Å². The highest BCUT2D eigenvalue weighted by Crippen LogP contribution is 2.25. The molecule has 3 rings (SSSR count). The molecule has 0 bridgehead atoms. The van der Waals surface area contributed by atoms with Crippen molar-refractivity contribution in [1.29, 1.82) is 0 Å². The van der Waals surface area contributed by atoms with E-state index in [2.05, 4.69) is 5.32 Å². The van der Waals surface area contributed by atoms with Crippen molar-refractivity contribution in [3.05, 3.63) is 29.8 Å². The summed E-state index contributed by atoms with van der Waals surface area (Å²) in [5, 5.41) is 3.21. The normalized spacial score (nSPS) is 21.5. The lowest BCUT2D eigenvalue weighted by Gasteiger charge is -2.27. The molecule has 21 heavy (non-hydrogen) atoms. The predicted octanol–water partition coefficient (Wildman–Crippen LogP) is 0.272. The molecule has 1 aromatic carbocycles. The third kappa shape index (κ3) is 2.89. The maximum atomic E-state index is 12.5. The SMILES string of the molecule is O=C(c1cccc(N2CCCS2(=O)=O)c1)N1CCNCC1. The zero-order chi connectivity index (χ0) is 14.9. The second-order valence-corrected chi connectivity index (χ2v) is 7.35. The first-order valence-electron chi connectivity index (χ1n) is 7.18. The molecule has 0 radical (unpaired) electrons. The fourth-order valence-electron chi connectivity index (χ4n) is 2.77. The number of rotatable bonds is 2. The van der Waals surface area contributed by atoms with Crippen molar-refractivity contribution in [1.82, 2.24) is 10.2 Å². The van der Waals surface area contributed by atoms with E-state index in [9.17, 15) is 13.2 Å². The standard InChI is InChI=1S/C14H19N3O3S/c18-14(16-8-5-15-6-9-16)12-3-1-4-13(11-12)17-7-2-10-21(17,19)20/h1,3-4,11,15H,2,5-10H2. The Morgan fingerprint density at radius 3 is 2.57 bits per heavy atom. The fourth-order valence-corrected chi connectivity index (χ4v) is 4.33. The van der Waals surface area contributed by atoms with E-state index in [0.717, 1.165) is 13.1 Å². The molecule has 0 aliphatic carbocycles. The molecule has 1 amide bonds. The minimum absolute atomic E-state index is 0.0325. The summed E-state index contributed by atoms with van der Waals surface area (Å²) in [7, 11) is -3.21. The van der Waals surface area contributed by atoms with E-state index in [0.29, 0.717) is 37.3 Å². The Labute approximate surface area is 124 Å². The summed E-state index contributed by atoms with van der Waals surface area (Å²) in [5.41, 5.74) is 1.14. The molecule has 0 unspecified atom stereocenters. The molecule has 0 spiro atoms. The van der Waals surface area contributed by atoms with E-state index in [-0.39, 0.29) is 11.7 Å². The van der Waals surface area contributed by atoms with Crippen LogP contribution in [0, 0.1) is 0 Å². The number of nitrogens with one attached hydrogen (secondary N) is 1. The van der Waals surface area contributed by atoms with Crippen LogP contribution in [-0.2, 0) is 10.0 Å². The first kappa shape index (κ1) is 14.3. The molecule has 1 N–H and O–H groups in total. The molecule has 0 aromatic heterocycles. The zero-order valence-electron chi connectivity index (χ0n) is 11.8. The smallest absolute Gasteiger partial charge is 0.254 e. The van der Waals surface area contributed by atoms with Gasteiger partial charge in [0, 0.05) is 38.3 Å². The third-order valence-corrected chi connectivity index (χ3v) is 5.75. The first-order chi connectivity index (χ1) is 10.1.